The van der Waals surface area contributed by atoms with Crippen molar-refractivity contribution in [2.45, 2.75) is 12.2 Å². The lowest BCUT2D eigenvalue weighted by molar-refractivity contribution is -0.136. The minimum absolute atomic E-state index is 0.287. The Labute approximate surface area is 118 Å². The quantitative estimate of drug-likeness (QED) is 0.781. The third kappa shape index (κ3) is 3.66. The topological polar surface area (TPSA) is 110 Å². The molecule has 1 rings (SSSR count). The maximum absolute atomic E-state index is 13.5. The molecule has 2 N–H and O–H groups in total. The molecule has 0 aromatic heterocycles. The minimum Gasteiger partial charge on any atom is -0.480 e. The number of hydrogen-bond acceptors (Lipinski definition) is 5. The van der Waals surface area contributed by atoms with Crippen LogP contribution in [0, 0.1) is 11.6 Å². The Hall–Kier alpha value is -2.23. The number of sulfonamides is 1. The van der Waals surface area contributed by atoms with Crippen LogP contribution in [0.15, 0.2) is 12.1 Å². The van der Waals surface area contributed by atoms with Gasteiger partial charge in [0.15, 0.2) is 5.25 Å². The Balaban J connectivity index is 3.26. The van der Waals surface area contributed by atoms with Crippen LogP contribution in [-0.4, -0.2) is 37.8 Å². The summed E-state index contributed by atoms with van der Waals surface area (Å²) < 4.78 is 56.1. The highest BCUT2D eigenvalue weighted by molar-refractivity contribution is 7.94. The second kappa shape index (κ2) is 6.04. The first kappa shape index (κ1) is 16.8. The fourth-order valence-corrected chi connectivity index (χ4v) is 2.17. The molecule has 1 aromatic rings. The number of anilines is 1. The van der Waals surface area contributed by atoms with Crippen LogP contribution in [0.25, 0.3) is 0 Å². The standard InChI is InChI=1S/C11H11F2NO6S/c1-5(10(15)16)21(18,19)14-9-3-6(11(17)20-2)7(12)4-8(9)13/h3-5,14H,1-2H3,(H,15,16). The molecule has 0 aliphatic rings. The lowest BCUT2D eigenvalue weighted by Gasteiger charge is -2.13. The molecule has 0 amide bonds. The minimum atomic E-state index is -4.46. The van der Waals surface area contributed by atoms with Crippen molar-refractivity contribution in [3.8, 4) is 0 Å². The Bertz CT molecular complexity index is 688. The molecule has 0 bridgehead atoms. The summed E-state index contributed by atoms with van der Waals surface area (Å²) in [5, 5.41) is 6.77. The van der Waals surface area contributed by atoms with Gasteiger partial charge in [0, 0.05) is 6.07 Å². The SMILES string of the molecule is COC(=O)c1cc(NS(=O)(=O)C(C)C(=O)O)c(F)cc1F. The average Bonchev–Trinajstić information content (AvgIpc) is 2.39. The van der Waals surface area contributed by atoms with Gasteiger partial charge >= 0.3 is 11.9 Å². The van der Waals surface area contributed by atoms with E-state index in [2.05, 4.69) is 4.74 Å². The van der Waals surface area contributed by atoms with E-state index >= 15 is 0 Å². The third-order valence-corrected chi connectivity index (χ3v) is 4.16. The molecule has 1 unspecified atom stereocenters. The summed E-state index contributed by atoms with van der Waals surface area (Å²) in [5.41, 5.74) is -1.45. The molecule has 0 fully saturated rings. The van der Waals surface area contributed by atoms with Gasteiger partial charge in [-0.1, -0.05) is 0 Å². The van der Waals surface area contributed by atoms with Crippen molar-refractivity contribution in [3.05, 3.63) is 29.3 Å². The molecule has 0 aliphatic carbocycles. The van der Waals surface area contributed by atoms with Crippen LogP contribution in [0.2, 0.25) is 0 Å². The normalized spacial score (nSPS) is 12.6. The fourth-order valence-electron chi connectivity index (χ4n) is 1.27. The molecule has 21 heavy (non-hydrogen) atoms. The number of carboxylic acid groups (broad SMARTS) is 1. The number of methoxy groups -OCH3 is 1. The Morgan fingerprint density at radius 1 is 1.29 bits per heavy atom. The van der Waals surface area contributed by atoms with Gasteiger partial charge in [-0.15, -0.1) is 0 Å². The highest BCUT2D eigenvalue weighted by Crippen LogP contribution is 2.22. The van der Waals surface area contributed by atoms with E-state index in [9.17, 15) is 26.8 Å². The second-order valence-corrected chi connectivity index (χ2v) is 5.93. The van der Waals surface area contributed by atoms with Gasteiger partial charge in [-0.2, -0.15) is 0 Å². The van der Waals surface area contributed by atoms with Crippen molar-refractivity contribution in [2.24, 2.45) is 0 Å². The van der Waals surface area contributed by atoms with E-state index in [4.69, 9.17) is 5.11 Å². The number of ether oxygens (including phenoxy) is 1. The van der Waals surface area contributed by atoms with Crippen molar-refractivity contribution in [3.63, 3.8) is 0 Å². The van der Waals surface area contributed by atoms with Crippen LogP contribution >= 0.6 is 0 Å². The Kier molecular flexibility index (Phi) is 4.84. The molecule has 0 heterocycles. The van der Waals surface area contributed by atoms with Crippen molar-refractivity contribution in [1.29, 1.82) is 0 Å². The van der Waals surface area contributed by atoms with Crippen LogP contribution in [0.4, 0.5) is 14.5 Å². The molecule has 0 saturated heterocycles. The zero-order chi connectivity index (χ0) is 16.4. The maximum Gasteiger partial charge on any atom is 0.340 e. The Morgan fingerprint density at radius 3 is 2.33 bits per heavy atom. The molecule has 0 spiro atoms. The number of carbonyl (C=O) groups is 2. The van der Waals surface area contributed by atoms with E-state index in [1.165, 1.54) is 0 Å². The van der Waals surface area contributed by atoms with Gasteiger partial charge in [0.25, 0.3) is 0 Å². The first-order valence-corrected chi connectivity index (χ1v) is 6.96. The molecule has 7 nitrogen and oxygen atoms in total. The number of carboxylic acids is 1. The molecule has 1 atom stereocenters. The lowest BCUT2D eigenvalue weighted by Crippen LogP contribution is -2.32. The molecule has 0 aliphatic heterocycles. The van der Waals surface area contributed by atoms with Gasteiger partial charge in [0.1, 0.15) is 11.6 Å². The van der Waals surface area contributed by atoms with Crippen molar-refractivity contribution < 1.29 is 36.6 Å². The summed E-state index contributed by atoms with van der Waals surface area (Å²) in [4.78, 5) is 21.9. The van der Waals surface area contributed by atoms with Crippen LogP contribution < -0.4 is 4.72 Å². The second-order valence-electron chi connectivity index (χ2n) is 3.93. The predicted octanol–water partition coefficient (Wildman–Crippen LogP) is 0.966. The summed E-state index contributed by atoms with van der Waals surface area (Å²) in [5.74, 6) is -5.34. The van der Waals surface area contributed by atoms with E-state index in [0.29, 0.717) is 6.07 Å². The van der Waals surface area contributed by atoms with Gasteiger partial charge in [-0.25, -0.2) is 22.0 Å². The third-order valence-electron chi connectivity index (χ3n) is 2.53. The van der Waals surface area contributed by atoms with Gasteiger partial charge in [0.2, 0.25) is 10.0 Å². The monoisotopic (exact) mass is 323 g/mol. The Morgan fingerprint density at radius 2 is 1.86 bits per heavy atom. The van der Waals surface area contributed by atoms with E-state index in [1.54, 1.807) is 4.72 Å². The number of esters is 1. The van der Waals surface area contributed by atoms with Gasteiger partial charge in [-0.05, 0) is 13.0 Å². The number of aliphatic carboxylic acids is 1. The van der Waals surface area contributed by atoms with E-state index in [0.717, 1.165) is 14.0 Å². The molecule has 116 valence electrons. The first-order chi connectivity index (χ1) is 9.60. The smallest absolute Gasteiger partial charge is 0.340 e. The van der Waals surface area contributed by atoms with Gasteiger partial charge in [0.05, 0.1) is 18.4 Å². The summed E-state index contributed by atoms with van der Waals surface area (Å²) in [6, 6.07) is 0.873. The van der Waals surface area contributed by atoms with Gasteiger partial charge < -0.3 is 9.84 Å². The molecular formula is C11H11F2NO6S. The van der Waals surface area contributed by atoms with Crippen LogP contribution in [-0.2, 0) is 19.6 Å². The number of rotatable bonds is 5. The van der Waals surface area contributed by atoms with Gasteiger partial charge in [-0.3, -0.25) is 9.52 Å². The summed E-state index contributed by atoms with van der Waals surface area (Å²) in [6.45, 7) is 0.868. The summed E-state index contributed by atoms with van der Waals surface area (Å²) >= 11 is 0. The predicted molar refractivity (Wildman–Crippen MR) is 67.3 cm³/mol. The van der Waals surface area contributed by atoms with Crippen LogP contribution in [0.1, 0.15) is 17.3 Å². The molecule has 0 radical (unpaired) electrons. The molecule has 10 heteroatoms. The van der Waals surface area contributed by atoms with Crippen molar-refractivity contribution in [2.75, 3.05) is 11.8 Å². The number of hydrogen-bond donors (Lipinski definition) is 2. The van der Waals surface area contributed by atoms with E-state index < -0.39 is 50.1 Å². The van der Waals surface area contributed by atoms with Crippen LogP contribution in [0.3, 0.4) is 0 Å². The first-order valence-electron chi connectivity index (χ1n) is 5.42. The van der Waals surface area contributed by atoms with E-state index in [-0.39, 0.29) is 6.07 Å². The van der Waals surface area contributed by atoms with Crippen molar-refractivity contribution in [1.82, 2.24) is 0 Å². The zero-order valence-corrected chi connectivity index (χ0v) is 11.7. The number of halogens is 2. The zero-order valence-electron chi connectivity index (χ0n) is 10.9. The average molecular weight is 323 g/mol. The fraction of sp³-hybridized carbons (Fsp3) is 0.273. The maximum atomic E-state index is 13.5. The highest BCUT2D eigenvalue weighted by Gasteiger charge is 2.29. The van der Waals surface area contributed by atoms with Crippen LogP contribution in [0.5, 0.6) is 0 Å². The summed E-state index contributed by atoms with van der Waals surface area (Å²) in [7, 11) is -3.50. The summed E-state index contributed by atoms with van der Waals surface area (Å²) in [6.07, 6.45) is 0. The molecule has 1 aromatic carbocycles. The van der Waals surface area contributed by atoms with Crippen molar-refractivity contribution >= 4 is 27.6 Å². The molecule has 0 saturated carbocycles. The van der Waals surface area contributed by atoms with E-state index in [1.807, 2.05) is 0 Å². The number of carbonyl (C=O) groups excluding carboxylic acids is 1. The highest BCUT2D eigenvalue weighted by atomic mass is 32.2. The lowest BCUT2D eigenvalue weighted by atomic mass is 10.2. The largest absolute Gasteiger partial charge is 0.480 e. The molecular weight excluding hydrogens is 312 g/mol. The number of benzene rings is 1. The number of nitrogens with one attached hydrogen (secondary N) is 1.